The number of rotatable bonds is 5. The molecule has 3 heterocycles. The Balaban J connectivity index is 1.38. The van der Waals surface area contributed by atoms with E-state index in [1.807, 2.05) is 18.3 Å². The Kier molecular flexibility index (Phi) is 4.36. The second-order valence-corrected chi connectivity index (χ2v) is 9.91. The maximum Gasteiger partial charge on any atom is 0.216 e. The van der Waals surface area contributed by atoms with Crippen molar-refractivity contribution < 1.29 is 12.8 Å². The van der Waals surface area contributed by atoms with E-state index in [1.165, 1.54) is 0 Å². The number of nitrogens with zero attached hydrogens (tertiary/aromatic N) is 2. The average molecular weight is 398 g/mol. The molecule has 3 aromatic rings. The highest BCUT2D eigenvalue weighted by molar-refractivity contribution is 7.90. The third-order valence-corrected chi connectivity index (χ3v) is 8.13. The number of anilines is 1. The third-order valence-electron chi connectivity index (χ3n) is 5.73. The molecule has 0 amide bonds. The molecule has 1 saturated carbocycles. The predicted octanol–water partition coefficient (Wildman–Crippen LogP) is 3.86. The summed E-state index contributed by atoms with van der Waals surface area (Å²) < 4.78 is 31.8. The van der Waals surface area contributed by atoms with E-state index in [-0.39, 0.29) is 11.3 Å². The minimum Gasteiger partial charge on any atom is -0.472 e. The second-order valence-electron chi connectivity index (χ2n) is 7.69. The standard InChI is InChI=1S/C21H23N3O3S/c25-28(26,19-1-2-19)24-8-4-18(5-9-24)23-21-12-17(16-6-10-27-14-16)11-15-3-7-22-13-20(15)21/h3,6-7,10-14,18-19,23H,1-2,4-5,8-9H2. The average Bonchev–Trinajstić information content (AvgIpc) is 3.44. The molecule has 0 spiro atoms. The molecular formula is C21H23N3O3S. The van der Waals surface area contributed by atoms with Gasteiger partial charge < -0.3 is 9.73 Å². The van der Waals surface area contributed by atoms with Crippen molar-refractivity contribution in [3.05, 3.63) is 49.2 Å². The molecule has 0 bridgehead atoms. The smallest absolute Gasteiger partial charge is 0.216 e. The van der Waals surface area contributed by atoms with Crippen molar-refractivity contribution in [2.75, 3.05) is 18.4 Å². The molecule has 6 nitrogen and oxygen atoms in total. The van der Waals surface area contributed by atoms with Crippen molar-refractivity contribution in [3.63, 3.8) is 0 Å². The number of hydrogen-bond acceptors (Lipinski definition) is 5. The first-order valence-electron chi connectivity index (χ1n) is 9.77. The molecule has 1 saturated heterocycles. The first kappa shape index (κ1) is 17.7. The van der Waals surface area contributed by atoms with Crippen LogP contribution in [-0.4, -0.2) is 42.1 Å². The van der Waals surface area contributed by atoms with Crippen molar-refractivity contribution in [1.29, 1.82) is 0 Å². The summed E-state index contributed by atoms with van der Waals surface area (Å²) in [7, 11) is -3.07. The van der Waals surface area contributed by atoms with Gasteiger partial charge in [-0.1, -0.05) is 0 Å². The van der Waals surface area contributed by atoms with Crippen LogP contribution in [0.25, 0.3) is 21.9 Å². The van der Waals surface area contributed by atoms with E-state index < -0.39 is 10.0 Å². The van der Waals surface area contributed by atoms with E-state index in [4.69, 9.17) is 4.42 Å². The summed E-state index contributed by atoms with van der Waals surface area (Å²) in [6, 6.07) is 8.47. The van der Waals surface area contributed by atoms with Crippen LogP contribution in [0.4, 0.5) is 5.69 Å². The Morgan fingerprint density at radius 2 is 1.89 bits per heavy atom. The van der Waals surface area contributed by atoms with Crippen LogP contribution >= 0.6 is 0 Å². The molecule has 2 aliphatic rings. The first-order valence-corrected chi connectivity index (χ1v) is 11.3. The van der Waals surface area contributed by atoms with Crippen LogP contribution in [0.15, 0.2) is 53.6 Å². The maximum atomic E-state index is 12.5. The minimum absolute atomic E-state index is 0.126. The third kappa shape index (κ3) is 3.29. The Morgan fingerprint density at radius 3 is 2.61 bits per heavy atom. The van der Waals surface area contributed by atoms with Gasteiger partial charge in [0.25, 0.3) is 0 Å². The number of benzene rings is 1. The summed E-state index contributed by atoms with van der Waals surface area (Å²) in [5, 5.41) is 5.71. The van der Waals surface area contributed by atoms with E-state index in [1.54, 1.807) is 23.0 Å². The summed E-state index contributed by atoms with van der Waals surface area (Å²) in [5.41, 5.74) is 3.15. The van der Waals surface area contributed by atoms with Gasteiger partial charge in [-0.2, -0.15) is 0 Å². The quantitative estimate of drug-likeness (QED) is 0.707. The summed E-state index contributed by atoms with van der Waals surface area (Å²) in [5.74, 6) is 0. The summed E-state index contributed by atoms with van der Waals surface area (Å²) in [6.07, 6.45) is 10.4. The van der Waals surface area contributed by atoms with Gasteiger partial charge in [0, 0.05) is 48.2 Å². The second kappa shape index (κ2) is 6.90. The molecule has 2 aromatic heterocycles. The predicted molar refractivity (Wildman–Crippen MR) is 110 cm³/mol. The lowest BCUT2D eigenvalue weighted by atomic mass is 10.0. The van der Waals surface area contributed by atoms with Crippen molar-refractivity contribution >= 4 is 26.5 Å². The fraction of sp³-hybridized carbons (Fsp3) is 0.381. The van der Waals surface area contributed by atoms with E-state index >= 15 is 0 Å². The van der Waals surface area contributed by atoms with Crippen LogP contribution in [-0.2, 0) is 10.0 Å². The van der Waals surface area contributed by atoms with Gasteiger partial charge in [-0.15, -0.1) is 0 Å². The normalized spacial score (nSPS) is 19.1. The van der Waals surface area contributed by atoms with Gasteiger partial charge in [-0.25, -0.2) is 12.7 Å². The molecule has 7 heteroatoms. The number of aromatic nitrogens is 1. The number of nitrogens with one attached hydrogen (secondary N) is 1. The fourth-order valence-electron chi connectivity index (χ4n) is 3.96. The zero-order chi connectivity index (χ0) is 19.1. The first-order chi connectivity index (χ1) is 13.6. The van der Waals surface area contributed by atoms with E-state index in [0.717, 1.165) is 53.3 Å². The molecule has 1 aliphatic carbocycles. The maximum absolute atomic E-state index is 12.5. The van der Waals surface area contributed by atoms with Crippen molar-refractivity contribution in [2.24, 2.45) is 0 Å². The highest BCUT2D eigenvalue weighted by atomic mass is 32.2. The van der Waals surface area contributed by atoms with Gasteiger partial charge in [-0.05, 0) is 60.9 Å². The summed E-state index contributed by atoms with van der Waals surface area (Å²) >= 11 is 0. The molecule has 1 N–H and O–H groups in total. The van der Waals surface area contributed by atoms with Gasteiger partial charge in [0.2, 0.25) is 10.0 Å². The Labute approximate surface area is 164 Å². The summed E-state index contributed by atoms with van der Waals surface area (Å²) in [4.78, 5) is 4.28. The fourth-order valence-corrected chi connectivity index (χ4v) is 5.84. The van der Waals surface area contributed by atoms with Crippen molar-refractivity contribution in [2.45, 2.75) is 37.0 Å². The van der Waals surface area contributed by atoms with Gasteiger partial charge in [0.15, 0.2) is 0 Å². The molecule has 5 rings (SSSR count). The van der Waals surface area contributed by atoms with Crippen LogP contribution in [0.2, 0.25) is 0 Å². The molecular weight excluding hydrogens is 374 g/mol. The van der Waals surface area contributed by atoms with Gasteiger partial charge in [0.1, 0.15) is 0 Å². The number of pyridine rings is 1. The van der Waals surface area contributed by atoms with Crippen molar-refractivity contribution in [1.82, 2.24) is 9.29 Å². The van der Waals surface area contributed by atoms with Gasteiger partial charge in [0.05, 0.1) is 17.8 Å². The molecule has 0 radical (unpaired) electrons. The minimum atomic E-state index is -3.07. The van der Waals surface area contributed by atoms with E-state index in [0.29, 0.717) is 13.1 Å². The van der Waals surface area contributed by atoms with Crippen LogP contribution in [0, 0.1) is 0 Å². The molecule has 1 aliphatic heterocycles. The Hall–Kier alpha value is -2.38. The number of sulfonamides is 1. The van der Waals surface area contributed by atoms with Crippen LogP contribution in [0.3, 0.4) is 0 Å². The molecule has 146 valence electrons. The molecule has 0 atom stereocenters. The summed E-state index contributed by atoms with van der Waals surface area (Å²) in [6.45, 7) is 1.18. The Bertz CT molecular complexity index is 1080. The van der Waals surface area contributed by atoms with Crippen LogP contribution < -0.4 is 5.32 Å². The monoisotopic (exact) mass is 397 g/mol. The molecule has 0 unspecified atom stereocenters. The lowest BCUT2D eigenvalue weighted by Crippen LogP contribution is -2.43. The molecule has 28 heavy (non-hydrogen) atoms. The Morgan fingerprint density at radius 1 is 1.07 bits per heavy atom. The number of fused-ring (bicyclic) bond motifs is 1. The molecule has 2 fully saturated rings. The zero-order valence-corrected chi connectivity index (χ0v) is 16.4. The number of piperidine rings is 1. The lowest BCUT2D eigenvalue weighted by molar-refractivity contribution is 0.329. The highest BCUT2D eigenvalue weighted by Gasteiger charge is 2.41. The zero-order valence-electron chi connectivity index (χ0n) is 15.5. The van der Waals surface area contributed by atoms with Crippen LogP contribution in [0.1, 0.15) is 25.7 Å². The highest BCUT2D eigenvalue weighted by Crippen LogP contribution is 2.34. The molecule has 1 aromatic carbocycles. The van der Waals surface area contributed by atoms with Crippen molar-refractivity contribution in [3.8, 4) is 11.1 Å². The largest absolute Gasteiger partial charge is 0.472 e. The SMILES string of the molecule is O=S(=O)(C1CC1)N1CCC(Nc2cc(-c3ccoc3)cc3ccncc23)CC1. The topological polar surface area (TPSA) is 75.4 Å². The number of hydrogen-bond donors (Lipinski definition) is 1. The van der Waals surface area contributed by atoms with E-state index in [9.17, 15) is 8.42 Å². The van der Waals surface area contributed by atoms with Gasteiger partial charge in [-0.3, -0.25) is 4.98 Å². The lowest BCUT2D eigenvalue weighted by Gasteiger charge is -2.32. The van der Waals surface area contributed by atoms with Crippen LogP contribution in [0.5, 0.6) is 0 Å². The van der Waals surface area contributed by atoms with E-state index in [2.05, 4.69) is 22.4 Å². The van der Waals surface area contributed by atoms with Gasteiger partial charge >= 0.3 is 0 Å². The number of furan rings is 1.